The predicted octanol–water partition coefficient (Wildman–Crippen LogP) is 3.03. The Morgan fingerprint density at radius 2 is 1.83 bits per heavy atom. The van der Waals surface area contributed by atoms with E-state index >= 15 is 0 Å². The monoisotopic (exact) mass is 253 g/mol. The highest BCUT2D eigenvalue weighted by atomic mass is 16.5. The van der Waals surface area contributed by atoms with Crippen molar-refractivity contribution in [2.45, 2.75) is 70.3 Å². The molecular formula is C15H27NO2. The van der Waals surface area contributed by atoms with Gasteiger partial charge in [0, 0.05) is 6.42 Å². The quantitative estimate of drug-likeness (QED) is 0.618. The zero-order valence-corrected chi connectivity index (χ0v) is 11.5. The van der Waals surface area contributed by atoms with Crippen LogP contribution in [0, 0.1) is 5.92 Å². The normalized spacial score (nSPS) is 26.6. The van der Waals surface area contributed by atoms with Crippen LogP contribution in [0.5, 0.6) is 0 Å². The van der Waals surface area contributed by atoms with Crippen LogP contribution in [0.2, 0.25) is 0 Å². The van der Waals surface area contributed by atoms with Gasteiger partial charge in [0.15, 0.2) is 0 Å². The highest BCUT2D eigenvalue weighted by Gasteiger charge is 2.18. The summed E-state index contributed by atoms with van der Waals surface area (Å²) in [6.45, 7) is 2.22. The zero-order valence-electron chi connectivity index (χ0n) is 11.5. The maximum Gasteiger partial charge on any atom is 0.306 e. The van der Waals surface area contributed by atoms with Crippen LogP contribution in [0.3, 0.4) is 0 Å². The molecule has 0 aromatic carbocycles. The Balaban J connectivity index is 1.61. The number of piperidine rings is 1. The first kappa shape index (κ1) is 13.9. The molecular weight excluding hydrogens is 226 g/mol. The van der Waals surface area contributed by atoms with Gasteiger partial charge in [-0.25, -0.2) is 0 Å². The van der Waals surface area contributed by atoms with Gasteiger partial charge in [0.25, 0.3) is 0 Å². The molecule has 1 heterocycles. The summed E-state index contributed by atoms with van der Waals surface area (Å²) in [5.74, 6) is 0.716. The number of esters is 1. The highest BCUT2D eigenvalue weighted by Crippen LogP contribution is 2.21. The third-order valence-electron chi connectivity index (χ3n) is 4.26. The maximum absolute atomic E-state index is 11.8. The van der Waals surface area contributed by atoms with Crippen molar-refractivity contribution in [3.05, 3.63) is 0 Å². The van der Waals surface area contributed by atoms with E-state index in [2.05, 4.69) is 5.32 Å². The Hall–Kier alpha value is -0.570. The summed E-state index contributed by atoms with van der Waals surface area (Å²) in [6.07, 6.45) is 11.6. The lowest BCUT2D eigenvalue weighted by atomic mass is 9.95. The minimum absolute atomic E-state index is 0.0347. The van der Waals surface area contributed by atoms with Crippen molar-refractivity contribution in [3.63, 3.8) is 0 Å². The highest BCUT2D eigenvalue weighted by molar-refractivity contribution is 5.69. The summed E-state index contributed by atoms with van der Waals surface area (Å²) in [5, 5.41) is 3.40. The van der Waals surface area contributed by atoms with Crippen molar-refractivity contribution in [2.75, 3.05) is 13.1 Å². The van der Waals surface area contributed by atoms with Crippen LogP contribution in [0.4, 0.5) is 0 Å². The standard InChI is InChI=1S/C15H27NO2/c17-15(10-9-13-6-5-11-16-12-13)18-14-7-3-1-2-4-8-14/h13-14,16H,1-12H2. The van der Waals surface area contributed by atoms with Crippen LogP contribution in [-0.4, -0.2) is 25.2 Å². The first-order valence-electron chi connectivity index (χ1n) is 7.75. The van der Waals surface area contributed by atoms with Gasteiger partial charge in [-0.2, -0.15) is 0 Å². The molecule has 0 radical (unpaired) electrons. The van der Waals surface area contributed by atoms with E-state index in [1.54, 1.807) is 0 Å². The molecule has 1 aliphatic heterocycles. The summed E-state index contributed by atoms with van der Waals surface area (Å²) in [4.78, 5) is 11.8. The van der Waals surface area contributed by atoms with E-state index in [1.165, 1.54) is 38.5 Å². The average Bonchev–Trinajstić information content (AvgIpc) is 2.66. The fourth-order valence-electron chi connectivity index (χ4n) is 3.10. The van der Waals surface area contributed by atoms with Gasteiger partial charge in [-0.05, 0) is 64.0 Å². The van der Waals surface area contributed by atoms with Crippen molar-refractivity contribution < 1.29 is 9.53 Å². The number of nitrogens with one attached hydrogen (secondary N) is 1. The lowest BCUT2D eigenvalue weighted by molar-refractivity contribution is -0.150. The molecule has 1 aliphatic carbocycles. The molecule has 0 aromatic heterocycles. The molecule has 1 saturated heterocycles. The van der Waals surface area contributed by atoms with Crippen LogP contribution < -0.4 is 5.32 Å². The molecule has 18 heavy (non-hydrogen) atoms. The second kappa shape index (κ2) is 7.78. The number of rotatable bonds is 4. The predicted molar refractivity (Wildman–Crippen MR) is 72.4 cm³/mol. The van der Waals surface area contributed by atoms with Gasteiger partial charge in [-0.1, -0.05) is 12.8 Å². The third kappa shape index (κ3) is 4.97. The van der Waals surface area contributed by atoms with Crippen molar-refractivity contribution in [1.29, 1.82) is 0 Å². The molecule has 0 aromatic rings. The van der Waals surface area contributed by atoms with E-state index in [0.29, 0.717) is 12.3 Å². The Kier molecular flexibility index (Phi) is 5.98. The largest absolute Gasteiger partial charge is 0.462 e. The smallest absolute Gasteiger partial charge is 0.306 e. The Morgan fingerprint density at radius 3 is 2.50 bits per heavy atom. The van der Waals surface area contributed by atoms with Crippen LogP contribution in [0.1, 0.15) is 64.2 Å². The van der Waals surface area contributed by atoms with E-state index in [1.807, 2.05) is 0 Å². The molecule has 0 amide bonds. The van der Waals surface area contributed by atoms with Crippen LogP contribution in [0.25, 0.3) is 0 Å². The van der Waals surface area contributed by atoms with Gasteiger partial charge in [0.1, 0.15) is 6.10 Å². The first-order valence-corrected chi connectivity index (χ1v) is 7.75. The molecule has 0 bridgehead atoms. The summed E-state index contributed by atoms with van der Waals surface area (Å²) in [5.41, 5.74) is 0. The van der Waals surface area contributed by atoms with E-state index in [4.69, 9.17) is 4.74 Å². The second-order valence-electron chi connectivity index (χ2n) is 5.85. The van der Waals surface area contributed by atoms with Crippen molar-refractivity contribution in [3.8, 4) is 0 Å². The van der Waals surface area contributed by atoms with E-state index in [-0.39, 0.29) is 12.1 Å². The summed E-state index contributed by atoms with van der Waals surface area (Å²) >= 11 is 0. The van der Waals surface area contributed by atoms with Gasteiger partial charge in [-0.15, -0.1) is 0 Å². The summed E-state index contributed by atoms with van der Waals surface area (Å²) in [7, 11) is 0. The maximum atomic E-state index is 11.8. The number of carbonyl (C=O) groups excluding carboxylic acids is 1. The van der Waals surface area contributed by atoms with Gasteiger partial charge >= 0.3 is 5.97 Å². The van der Waals surface area contributed by atoms with E-state index in [9.17, 15) is 4.79 Å². The molecule has 1 unspecified atom stereocenters. The second-order valence-corrected chi connectivity index (χ2v) is 5.85. The number of hydrogen-bond donors (Lipinski definition) is 1. The molecule has 2 aliphatic rings. The number of ether oxygens (including phenoxy) is 1. The minimum Gasteiger partial charge on any atom is -0.462 e. The lowest BCUT2D eigenvalue weighted by Crippen LogP contribution is -2.30. The Labute approximate surface area is 111 Å². The molecule has 2 fully saturated rings. The fourth-order valence-corrected chi connectivity index (χ4v) is 3.10. The third-order valence-corrected chi connectivity index (χ3v) is 4.26. The topological polar surface area (TPSA) is 38.3 Å². The molecule has 3 heteroatoms. The molecule has 3 nitrogen and oxygen atoms in total. The average molecular weight is 253 g/mol. The molecule has 1 N–H and O–H groups in total. The van der Waals surface area contributed by atoms with Gasteiger partial charge in [0.05, 0.1) is 0 Å². The fraction of sp³-hybridized carbons (Fsp3) is 0.933. The molecule has 1 saturated carbocycles. The SMILES string of the molecule is O=C(CCC1CCCNC1)OC1CCCCCC1. The van der Waals surface area contributed by atoms with E-state index in [0.717, 1.165) is 32.4 Å². The molecule has 2 rings (SSSR count). The van der Waals surface area contributed by atoms with Crippen molar-refractivity contribution >= 4 is 5.97 Å². The van der Waals surface area contributed by atoms with Crippen LogP contribution in [-0.2, 0) is 9.53 Å². The van der Waals surface area contributed by atoms with Crippen molar-refractivity contribution in [1.82, 2.24) is 5.32 Å². The number of carbonyl (C=O) groups is 1. The minimum atomic E-state index is 0.0347. The number of hydrogen-bond acceptors (Lipinski definition) is 3. The molecule has 1 atom stereocenters. The first-order chi connectivity index (χ1) is 8.84. The summed E-state index contributed by atoms with van der Waals surface area (Å²) in [6, 6.07) is 0. The van der Waals surface area contributed by atoms with Gasteiger partial charge in [0.2, 0.25) is 0 Å². The molecule has 0 spiro atoms. The lowest BCUT2D eigenvalue weighted by Gasteiger charge is -2.22. The van der Waals surface area contributed by atoms with Crippen LogP contribution >= 0.6 is 0 Å². The Morgan fingerprint density at radius 1 is 1.06 bits per heavy atom. The van der Waals surface area contributed by atoms with E-state index < -0.39 is 0 Å². The zero-order chi connectivity index (χ0) is 12.6. The van der Waals surface area contributed by atoms with Gasteiger partial charge < -0.3 is 10.1 Å². The van der Waals surface area contributed by atoms with Crippen LogP contribution in [0.15, 0.2) is 0 Å². The molecule has 104 valence electrons. The van der Waals surface area contributed by atoms with Gasteiger partial charge in [-0.3, -0.25) is 4.79 Å². The summed E-state index contributed by atoms with van der Waals surface area (Å²) < 4.78 is 5.60. The Bertz CT molecular complexity index is 241. The van der Waals surface area contributed by atoms with Crippen molar-refractivity contribution in [2.24, 2.45) is 5.92 Å².